The quantitative estimate of drug-likeness (QED) is 0.501. The van der Waals surface area contributed by atoms with Gasteiger partial charge in [-0.15, -0.1) is 0 Å². The van der Waals surface area contributed by atoms with Gasteiger partial charge in [0.2, 0.25) is 0 Å². The fourth-order valence-electron chi connectivity index (χ4n) is 2.26. The third-order valence-corrected chi connectivity index (χ3v) is 5.36. The lowest BCUT2D eigenvalue weighted by atomic mass is 10.2. The highest BCUT2D eigenvalue weighted by atomic mass is 35.5. The molecule has 0 fully saturated rings. The van der Waals surface area contributed by atoms with E-state index >= 15 is 0 Å². The summed E-state index contributed by atoms with van der Waals surface area (Å²) in [5, 5.41) is 12.5. The van der Waals surface area contributed by atoms with E-state index < -0.39 is 32.5 Å². The van der Waals surface area contributed by atoms with Gasteiger partial charge in [-0.25, -0.2) is 17.2 Å². The van der Waals surface area contributed by atoms with Crippen LogP contribution in [0.1, 0.15) is 5.56 Å². The standard InChI is InChI=1S/C19H13ClF2N2O3S/c20-15-3-1-2-4-18(15)23-19(25)12-5-7-13(8-6-12)24-28(26,27)14-9-10-16(21)17(22)11-14/h1-11,24H,(H,23,25)/p-1. The lowest BCUT2D eigenvalue weighted by Gasteiger charge is -2.13. The van der Waals surface area contributed by atoms with Crippen LogP contribution in [0.5, 0.6) is 0 Å². The first kappa shape index (κ1) is 19.8. The van der Waals surface area contributed by atoms with Gasteiger partial charge in [-0.2, -0.15) is 0 Å². The number of rotatable bonds is 5. The molecule has 28 heavy (non-hydrogen) atoms. The van der Waals surface area contributed by atoms with E-state index in [0.29, 0.717) is 16.8 Å². The molecular weight excluding hydrogens is 410 g/mol. The first-order chi connectivity index (χ1) is 13.3. The molecule has 0 unspecified atom stereocenters. The minimum Gasteiger partial charge on any atom is -0.858 e. The average Bonchev–Trinajstić information content (AvgIpc) is 2.66. The van der Waals surface area contributed by atoms with Crippen LogP contribution in [0.15, 0.2) is 76.6 Å². The summed E-state index contributed by atoms with van der Waals surface area (Å²) in [6.45, 7) is 0. The zero-order valence-corrected chi connectivity index (χ0v) is 15.6. The minimum atomic E-state index is -4.12. The highest BCUT2D eigenvalue weighted by Gasteiger charge is 2.16. The Bertz CT molecular complexity index is 1150. The van der Waals surface area contributed by atoms with Crippen LogP contribution >= 0.6 is 11.6 Å². The van der Waals surface area contributed by atoms with Gasteiger partial charge in [0.1, 0.15) is 0 Å². The van der Waals surface area contributed by atoms with E-state index in [4.69, 9.17) is 11.6 Å². The summed E-state index contributed by atoms with van der Waals surface area (Å²) >= 11 is 5.96. The Labute approximate surface area is 165 Å². The predicted molar refractivity (Wildman–Crippen MR) is 101 cm³/mol. The molecule has 1 N–H and O–H groups in total. The number of aliphatic imine (C=N–C) groups is 1. The Hall–Kier alpha value is -2.97. The van der Waals surface area contributed by atoms with Gasteiger partial charge in [0.25, 0.3) is 10.0 Å². The second-order valence-corrected chi connectivity index (χ2v) is 7.72. The van der Waals surface area contributed by atoms with Crippen molar-refractivity contribution in [1.82, 2.24) is 0 Å². The van der Waals surface area contributed by atoms with Crippen molar-refractivity contribution in [3.05, 3.63) is 89.0 Å². The molecule has 3 aromatic carbocycles. The molecule has 0 heterocycles. The number of anilines is 1. The number of hydrogen-bond acceptors (Lipinski definition) is 4. The molecule has 5 nitrogen and oxygen atoms in total. The van der Waals surface area contributed by atoms with Crippen molar-refractivity contribution in [2.75, 3.05) is 4.72 Å². The van der Waals surface area contributed by atoms with Crippen LogP contribution in [-0.2, 0) is 10.0 Å². The lowest BCUT2D eigenvalue weighted by Crippen LogP contribution is -2.18. The molecule has 0 radical (unpaired) electrons. The maximum Gasteiger partial charge on any atom is 0.261 e. The van der Waals surface area contributed by atoms with Crippen molar-refractivity contribution in [3.63, 3.8) is 0 Å². The van der Waals surface area contributed by atoms with Gasteiger partial charge >= 0.3 is 0 Å². The van der Waals surface area contributed by atoms with Crippen LogP contribution in [0.25, 0.3) is 0 Å². The summed E-state index contributed by atoms with van der Waals surface area (Å²) in [7, 11) is -4.12. The first-order valence-corrected chi connectivity index (χ1v) is 9.71. The van der Waals surface area contributed by atoms with Gasteiger partial charge in [0.05, 0.1) is 15.6 Å². The van der Waals surface area contributed by atoms with Gasteiger partial charge in [-0.3, -0.25) is 9.71 Å². The maximum atomic E-state index is 13.3. The second-order valence-electron chi connectivity index (χ2n) is 5.63. The third kappa shape index (κ3) is 4.47. The van der Waals surface area contributed by atoms with E-state index in [0.717, 1.165) is 12.1 Å². The van der Waals surface area contributed by atoms with Crippen LogP contribution < -0.4 is 9.83 Å². The highest BCUT2D eigenvalue weighted by molar-refractivity contribution is 7.92. The van der Waals surface area contributed by atoms with E-state index in [-0.39, 0.29) is 11.3 Å². The molecule has 0 atom stereocenters. The molecule has 0 aromatic heterocycles. The Morgan fingerprint density at radius 3 is 2.29 bits per heavy atom. The van der Waals surface area contributed by atoms with Crippen molar-refractivity contribution in [3.8, 4) is 0 Å². The summed E-state index contributed by atoms with van der Waals surface area (Å²) in [6, 6.07) is 14.3. The number of nitrogens with zero attached hydrogens (tertiary/aromatic N) is 1. The number of hydrogen-bond donors (Lipinski definition) is 1. The Morgan fingerprint density at radius 1 is 0.964 bits per heavy atom. The van der Waals surface area contributed by atoms with Crippen LogP contribution in [0, 0.1) is 11.6 Å². The average molecular weight is 422 g/mol. The largest absolute Gasteiger partial charge is 0.858 e. The predicted octanol–water partition coefficient (Wildman–Crippen LogP) is 3.86. The van der Waals surface area contributed by atoms with Crippen LogP contribution in [0.2, 0.25) is 5.02 Å². The zero-order valence-electron chi connectivity index (χ0n) is 14.1. The smallest absolute Gasteiger partial charge is 0.261 e. The molecule has 0 aliphatic heterocycles. The van der Waals surface area contributed by atoms with Crippen molar-refractivity contribution in [2.24, 2.45) is 4.99 Å². The van der Waals surface area contributed by atoms with Gasteiger partial charge < -0.3 is 5.11 Å². The molecule has 0 bridgehead atoms. The fourth-order valence-corrected chi connectivity index (χ4v) is 3.50. The zero-order chi connectivity index (χ0) is 20.3. The molecule has 9 heteroatoms. The third-order valence-electron chi connectivity index (χ3n) is 3.66. The number of benzene rings is 3. The van der Waals surface area contributed by atoms with Crippen LogP contribution in [0.3, 0.4) is 0 Å². The normalized spacial score (nSPS) is 12.0. The number of sulfonamides is 1. The number of halogens is 3. The molecule has 0 amide bonds. The molecule has 0 aliphatic carbocycles. The van der Waals surface area contributed by atoms with Crippen molar-refractivity contribution < 1.29 is 22.3 Å². The molecule has 0 saturated carbocycles. The van der Waals surface area contributed by atoms with E-state index in [9.17, 15) is 22.3 Å². The van der Waals surface area contributed by atoms with Gasteiger partial charge in [0, 0.05) is 5.69 Å². The molecule has 0 aliphatic rings. The summed E-state index contributed by atoms with van der Waals surface area (Å²) in [5.74, 6) is -2.97. The Kier molecular flexibility index (Phi) is 5.62. The number of nitrogens with one attached hydrogen (secondary N) is 1. The van der Waals surface area contributed by atoms with Crippen molar-refractivity contribution >= 4 is 38.9 Å². The van der Waals surface area contributed by atoms with Crippen LogP contribution in [0.4, 0.5) is 20.2 Å². The van der Waals surface area contributed by atoms with E-state index in [2.05, 4.69) is 9.71 Å². The molecule has 3 rings (SSSR count). The fraction of sp³-hybridized carbons (Fsp3) is 0. The maximum absolute atomic E-state index is 13.3. The van der Waals surface area contributed by atoms with Gasteiger partial charge in [-0.05, 0) is 53.9 Å². The molecule has 0 spiro atoms. The van der Waals surface area contributed by atoms with Gasteiger partial charge in [0.15, 0.2) is 11.6 Å². The minimum absolute atomic E-state index is 0.138. The number of para-hydroxylation sites is 1. The monoisotopic (exact) mass is 421 g/mol. The molecule has 144 valence electrons. The first-order valence-electron chi connectivity index (χ1n) is 7.85. The summed E-state index contributed by atoms with van der Waals surface area (Å²) in [6.07, 6.45) is 0. The SMILES string of the molecule is O=S(=O)(Nc1ccc(C([O-])=Nc2ccccc2Cl)cc1)c1ccc(F)c(F)c1. The molecular formula is C19H12ClF2N2O3S-. The van der Waals surface area contributed by atoms with Crippen molar-refractivity contribution in [1.29, 1.82) is 0 Å². The van der Waals surface area contributed by atoms with Crippen LogP contribution in [-0.4, -0.2) is 14.3 Å². The van der Waals surface area contributed by atoms with Crippen molar-refractivity contribution in [2.45, 2.75) is 4.90 Å². The highest BCUT2D eigenvalue weighted by Crippen LogP contribution is 2.24. The van der Waals surface area contributed by atoms with E-state index in [1.807, 2.05) is 0 Å². The Balaban J connectivity index is 1.80. The summed E-state index contributed by atoms with van der Waals surface area (Å²) < 4.78 is 53.0. The summed E-state index contributed by atoms with van der Waals surface area (Å²) in [5.41, 5.74) is 0.673. The molecule has 0 saturated heterocycles. The topological polar surface area (TPSA) is 81.6 Å². The lowest BCUT2D eigenvalue weighted by molar-refractivity contribution is -0.212. The second kappa shape index (κ2) is 7.95. The Morgan fingerprint density at radius 2 is 1.64 bits per heavy atom. The van der Waals surface area contributed by atoms with E-state index in [1.54, 1.807) is 24.3 Å². The molecule has 3 aromatic rings. The van der Waals surface area contributed by atoms with E-state index in [1.165, 1.54) is 24.3 Å². The summed E-state index contributed by atoms with van der Waals surface area (Å²) in [4.78, 5) is 3.48. The van der Waals surface area contributed by atoms with Gasteiger partial charge in [-0.1, -0.05) is 35.9 Å².